The van der Waals surface area contributed by atoms with Gasteiger partial charge in [-0.05, 0) is 36.6 Å². The molecule has 2 amide bonds. The van der Waals surface area contributed by atoms with Gasteiger partial charge in [0.25, 0.3) is 0 Å². The van der Waals surface area contributed by atoms with Crippen LogP contribution in [0.4, 0.5) is 5.69 Å². The summed E-state index contributed by atoms with van der Waals surface area (Å²) in [6.07, 6.45) is 2.20. The van der Waals surface area contributed by atoms with Crippen LogP contribution in [-0.4, -0.2) is 50.5 Å². The zero-order valence-electron chi connectivity index (χ0n) is 18.6. The Morgan fingerprint density at radius 1 is 1.06 bits per heavy atom. The topological polar surface area (TPSA) is 86.8 Å². The number of hydrogen-bond donors (Lipinski definition) is 1. The van der Waals surface area contributed by atoms with Crippen molar-refractivity contribution in [1.29, 1.82) is 0 Å². The van der Waals surface area contributed by atoms with E-state index in [1.54, 1.807) is 18.2 Å². The first kappa shape index (κ1) is 25.7. The van der Waals surface area contributed by atoms with Crippen molar-refractivity contribution in [2.45, 2.75) is 39.3 Å². The lowest BCUT2D eigenvalue weighted by molar-refractivity contribution is -0.140. The maximum absolute atomic E-state index is 13.4. The van der Waals surface area contributed by atoms with Gasteiger partial charge in [0.1, 0.15) is 12.6 Å². The van der Waals surface area contributed by atoms with Gasteiger partial charge in [0, 0.05) is 18.1 Å². The van der Waals surface area contributed by atoms with E-state index in [9.17, 15) is 18.0 Å². The van der Waals surface area contributed by atoms with Crippen LogP contribution in [0, 0.1) is 0 Å². The molecular weight excluding hydrogens is 450 g/mol. The summed E-state index contributed by atoms with van der Waals surface area (Å²) < 4.78 is 26.0. The van der Waals surface area contributed by atoms with Crippen LogP contribution in [0.1, 0.15) is 32.3 Å². The van der Waals surface area contributed by atoms with Gasteiger partial charge in [-0.25, -0.2) is 8.42 Å². The molecule has 32 heavy (non-hydrogen) atoms. The first-order valence-electron chi connectivity index (χ1n) is 10.5. The van der Waals surface area contributed by atoms with Crippen LogP contribution in [0.2, 0.25) is 5.02 Å². The van der Waals surface area contributed by atoms with Crippen molar-refractivity contribution in [2.75, 3.05) is 23.7 Å². The van der Waals surface area contributed by atoms with Crippen LogP contribution in [-0.2, 0) is 26.2 Å². The first-order chi connectivity index (χ1) is 15.2. The molecule has 2 aromatic carbocycles. The second-order valence-electron chi connectivity index (χ2n) is 7.47. The van der Waals surface area contributed by atoms with E-state index in [1.165, 1.54) is 11.0 Å². The highest BCUT2D eigenvalue weighted by Crippen LogP contribution is 2.23. The average molecular weight is 480 g/mol. The zero-order valence-corrected chi connectivity index (χ0v) is 20.2. The Hall–Kier alpha value is -2.58. The zero-order chi connectivity index (χ0) is 23.7. The smallest absolute Gasteiger partial charge is 0.244 e. The average Bonchev–Trinajstić information content (AvgIpc) is 2.75. The van der Waals surface area contributed by atoms with Crippen molar-refractivity contribution in [2.24, 2.45) is 0 Å². The molecule has 174 valence electrons. The Kier molecular flexibility index (Phi) is 9.53. The van der Waals surface area contributed by atoms with E-state index in [1.807, 2.05) is 44.2 Å². The lowest BCUT2D eigenvalue weighted by atomic mass is 10.1. The van der Waals surface area contributed by atoms with E-state index in [0.717, 1.165) is 22.5 Å². The van der Waals surface area contributed by atoms with Crippen molar-refractivity contribution in [3.05, 3.63) is 65.2 Å². The SMILES string of the molecule is CCCNC(=O)C(CC)N(Cc1ccccc1)C(=O)CN(c1cccc(Cl)c1)S(C)(=O)=O. The molecular formula is C23H30ClN3O4S. The van der Waals surface area contributed by atoms with Crippen molar-refractivity contribution < 1.29 is 18.0 Å². The lowest BCUT2D eigenvalue weighted by Crippen LogP contribution is -2.52. The number of halogens is 1. The van der Waals surface area contributed by atoms with Crippen molar-refractivity contribution >= 4 is 39.1 Å². The number of benzene rings is 2. The summed E-state index contributed by atoms with van der Waals surface area (Å²) in [6, 6.07) is 14.9. The molecule has 0 spiro atoms. The van der Waals surface area contributed by atoms with Crippen molar-refractivity contribution in [3.63, 3.8) is 0 Å². The number of hydrogen-bond acceptors (Lipinski definition) is 4. The number of amides is 2. The van der Waals surface area contributed by atoms with Gasteiger partial charge in [-0.3, -0.25) is 13.9 Å². The third kappa shape index (κ3) is 7.24. The van der Waals surface area contributed by atoms with E-state index < -0.39 is 28.5 Å². The highest BCUT2D eigenvalue weighted by molar-refractivity contribution is 7.92. The molecule has 0 heterocycles. The summed E-state index contributed by atoms with van der Waals surface area (Å²) in [5.74, 6) is -0.731. The van der Waals surface area contributed by atoms with E-state index in [2.05, 4.69) is 5.32 Å². The molecule has 7 nitrogen and oxygen atoms in total. The molecule has 0 saturated carbocycles. The molecule has 1 atom stereocenters. The van der Waals surface area contributed by atoms with Gasteiger partial charge in [0.2, 0.25) is 21.8 Å². The fraction of sp³-hybridized carbons (Fsp3) is 0.391. The van der Waals surface area contributed by atoms with Crippen molar-refractivity contribution in [3.8, 4) is 0 Å². The Labute approximate surface area is 195 Å². The molecule has 0 aromatic heterocycles. The quantitative estimate of drug-likeness (QED) is 0.534. The minimum absolute atomic E-state index is 0.185. The Bertz CT molecular complexity index is 1010. The third-order valence-corrected chi connectivity index (χ3v) is 6.28. The third-order valence-electron chi connectivity index (χ3n) is 4.91. The number of nitrogens with zero attached hydrogens (tertiary/aromatic N) is 2. The Morgan fingerprint density at radius 2 is 1.75 bits per heavy atom. The predicted molar refractivity (Wildman–Crippen MR) is 128 cm³/mol. The Morgan fingerprint density at radius 3 is 2.31 bits per heavy atom. The second kappa shape index (κ2) is 11.9. The molecule has 2 rings (SSSR count). The van der Waals surface area contributed by atoms with Crippen LogP contribution in [0.15, 0.2) is 54.6 Å². The van der Waals surface area contributed by atoms with Gasteiger partial charge in [0.15, 0.2) is 0 Å². The molecule has 0 saturated heterocycles. The summed E-state index contributed by atoms with van der Waals surface area (Å²) in [6.45, 7) is 4.02. The minimum atomic E-state index is -3.78. The minimum Gasteiger partial charge on any atom is -0.354 e. The highest BCUT2D eigenvalue weighted by Gasteiger charge is 2.31. The van der Waals surface area contributed by atoms with Gasteiger partial charge >= 0.3 is 0 Å². The number of sulfonamides is 1. The summed E-state index contributed by atoms with van der Waals surface area (Å²) in [5, 5.41) is 3.20. The van der Waals surface area contributed by atoms with Crippen LogP contribution >= 0.6 is 11.6 Å². The Balaban J connectivity index is 2.39. The summed E-state index contributed by atoms with van der Waals surface area (Å²) in [7, 11) is -3.78. The maximum atomic E-state index is 13.4. The molecule has 1 unspecified atom stereocenters. The molecule has 0 aliphatic heterocycles. The molecule has 0 aliphatic rings. The normalized spacial score (nSPS) is 12.1. The number of carbonyl (C=O) groups excluding carboxylic acids is 2. The molecule has 0 radical (unpaired) electrons. The van der Waals surface area contributed by atoms with Gasteiger partial charge in [-0.15, -0.1) is 0 Å². The van der Waals surface area contributed by atoms with Crippen LogP contribution in [0.25, 0.3) is 0 Å². The van der Waals surface area contributed by atoms with Gasteiger partial charge in [0.05, 0.1) is 11.9 Å². The van der Waals surface area contributed by atoms with Crippen LogP contribution < -0.4 is 9.62 Å². The number of carbonyl (C=O) groups is 2. The van der Waals surface area contributed by atoms with E-state index in [-0.39, 0.29) is 18.1 Å². The molecule has 0 bridgehead atoms. The largest absolute Gasteiger partial charge is 0.354 e. The molecule has 0 fully saturated rings. The molecule has 2 aromatic rings. The van der Waals surface area contributed by atoms with Gasteiger partial charge < -0.3 is 10.2 Å². The molecule has 1 N–H and O–H groups in total. The number of rotatable bonds is 11. The van der Waals surface area contributed by atoms with E-state index in [4.69, 9.17) is 11.6 Å². The van der Waals surface area contributed by atoms with Crippen molar-refractivity contribution in [1.82, 2.24) is 10.2 Å². The monoisotopic (exact) mass is 479 g/mol. The molecule has 0 aliphatic carbocycles. The summed E-state index contributed by atoms with van der Waals surface area (Å²) in [5.41, 5.74) is 1.13. The summed E-state index contributed by atoms with van der Waals surface area (Å²) in [4.78, 5) is 27.7. The first-order valence-corrected chi connectivity index (χ1v) is 12.7. The van der Waals surface area contributed by atoms with Gasteiger partial charge in [-0.1, -0.05) is 61.8 Å². The predicted octanol–water partition coefficient (Wildman–Crippen LogP) is 3.44. The van der Waals surface area contributed by atoms with Crippen LogP contribution in [0.5, 0.6) is 0 Å². The number of anilines is 1. The maximum Gasteiger partial charge on any atom is 0.244 e. The number of nitrogens with one attached hydrogen (secondary N) is 1. The second-order valence-corrected chi connectivity index (χ2v) is 9.82. The van der Waals surface area contributed by atoms with E-state index in [0.29, 0.717) is 18.0 Å². The summed E-state index contributed by atoms with van der Waals surface area (Å²) >= 11 is 6.04. The van der Waals surface area contributed by atoms with Crippen LogP contribution in [0.3, 0.4) is 0 Å². The fourth-order valence-corrected chi connectivity index (χ4v) is 4.34. The van der Waals surface area contributed by atoms with Gasteiger partial charge in [-0.2, -0.15) is 0 Å². The fourth-order valence-electron chi connectivity index (χ4n) is 3.31. The standard InChI is InChI=1S/C23H30ClN3O4S/c1-4-14-25-23(29)21(5-2)26(16-18-10-7-6-8-11-18)22(28)17-27(32(3,30)31)20-13-9-12-19(24)15-20/h6-13,15,21H,4-5,14,16-17H2,1-3H3,(H,25,29). The van der Waals surface area contributed by atoms with E-state index >= 15 is 0 Å². The highest BCUT2D eigenvalue weighted by atomic mass is 35.5. The lowest BCUT2D eigenvalue weighted by Gasteiger charge is -2.32. The molecule has 9 heteroatoms.